The molecule has 9 aromatic carbocycles. The quantitative estimate of drug-likeness (QED) is 0.161. The van der Waals surface area contributed by atoms with Crippen LogP contribution in [0.5, 0.6) is 0 Å². The zero-order valence-corrected chi connectivity index (χ0v) is 28.5. The van der Waals surface area contributed by atoms with Gasteiger partial charge in [-0.1, -0.05) is 140 Å². The lowest BCUT2D eigenvalue weighted by molar-refractivity contribution is 1.18. The summed E-state index contributed by atoms with van der Waals surface area (Å²) in [4.78, 5) is 2.37. The average Bonchev–Trinajstić information content (AvgIpc) is 3.55. The first-order chi connectivity index (χ1) is 25.8. The number of hydrogen-bond donors (Lipinski definition) is 0. The van der Waals surface area contributed by atoms with Gasteiger partial charge in [0.25, 0.3) is 0 Å². The van der Waals surface area contributed by atoms with E-state index in [2.05, 4.69) is 216 Å². The molecule has 0 fully saturated rings. The zero-order chi connectivity index (χ0) is 34.4. The third-order valence-electron chi connectivity index (χ3n) is 10.4. The minimum Gasteiger partial charge on any atom is -0.310 e. The molecule has 0 spiro atoms. The van der Waals surface area contributed by atoms with Gasteiger partial charge in [-0.05, 0) is 111 Å². The van der Waals surface area contributed by atoms with E-state index in [1.165, 1.54) is 65.6 Å². The first-order valence-electron chi connectivity index (χ1n) is 17.8. The maximum atomic E-state index is 2.37. The lowest BCUT2D eigenvalue weighted by Crippen LogP contribution is -2.10. The second-order valence-corrected chi connectivity index (χ2v) is 13.4. The monoisotopic (exact) mass is 662 g/mol. The number of para-hydroxylation sites is 2. The Labute approximate surface area is 303 Å². The number of rotatable bonds is 6. The van der Waals surface area contributed by atoms with Crippen molar-refractivity contribution < 1.29 is 0 Å². The molecular formula is C50H34N2. The van der Waals surface area contributed by atoms with Crippen LogP contribution in [0.3, 0.4) is 0 Å². The molecule has 244 valence electrons. The highest BCUT2D eigenvalue weighted by atomic mass is 15.1. The van der Waals surface area contributed by atoms with Crippen molar-refractivity contribution in [3.63, 3.8) is 0 Å². The Kier molecular flexibility index (Phi) is 7.18. The molecule has 0 aliphatic rings. The number of anilines is 3. The summed E-state index contributed by atoms with van der Waals surface area (Å²) in [5.41, 5.74) is 11.7. The van der Waals surface area contributed by atoms with Crippen molar-refractivity contribution in [1.82, 2.24) is 4.57 Å². The molecule has 0 aliphatic carbocycles. The number of benzene rings is 9. The first kappa shape index (κ1) is 30.0. The molecule has 0 N–H and O–H groups in total. The molecule has 2 nitrogen and oxygen atoms in total. The lowest BCUT2D eigenvalue weighted by atomic mass is 9.97. The van der Waals surface area contributed by atoms with Crippen LogP contribution < -0.4 is 4.90 Å². The van der Waals surface area contributed by atoms with Crippen LogP contribution in [0.4, 0.5) is 17.1 Å². The second-order valence-electron chi connectivity index (χ2n) is 13.4. The van der Waals surface area contributed by atoms with Crippen molar-refractivity contribution in [3.8, 4) is 27.9 Å². The molecule has 0 bridgehead atoms. The summed E-state index contributed by atoms with van der Waals surface area (Å²) in [6.45, 7) is 0. The first-order valence-corrected chi connectivity index (χ1v) is 17.8. The molecule has 2 heteroatoms. The van der Waals surface area contributed by atoms with Crippen molar-refractivity contribution in [2.75, 3.05) is 4.90 Å². The molecule has 1 heterocycles. The van der Waals surface area contributed by atoms with Gasteiger partial charge in [-0.2, -0.15) is 0 Å². The van der Waals surface area contributed by atoms with Crippen molar-refractivity contribution in [2.24, 2.45) is 0 Å². The molecule has 0 saturated carbocycles. The van der Waals surface area contributed by atoms with E-state index in [-0.39, 0.29) is 0 Å². The Bertz CT molecular complexity index is 2870. The largest absolute Gasteiger partial charge is 0.310 e. The van der Waals surface area contributed by atoms with Gasteiger partial charge in [0.15, 0.2) is 0 Å². The standard InChI is InChI=1S/C50H34N2/c1-3-11-35(12-4-1)36-21-26-42(27-22-36)51(44-30-32-50-48(34-44)47-17-9-10-18-49(47)52(50)41-14-5-2-6-15-41)43-28-23-37(24-29-43)39-25-31-46-40(33-39)20-19-38-13-7-8-16-45(38)46/h1-34H. The molecule has 0 aliphatic heterocycles. The Morgan fingerprint density at radius 2 is 0.808 bits per heavy atom. The molecule has 0 amide bonds. The van der Waals surface area contributed by atoms with E-state index in [9.17, 15) is 0 Å². The van der Waals surface area contributed by atoms with Crippen LogP contribution in [0.25, 0.3) is 71.3 Å². The minimum absolute atomic E-state index is 1.11. The molecule has 10 rings (SSSR count). The zero-order valence-electron chi connectivity index (χ0n) is 28.5. The Morgan fingerprint density at radius 3 is 1.56 bits per heavy atom. The van der Waals surface area contributed by atoms with Crippen LogP contribution in [0.15, 0.2) is 206 Å². The maximum Gasteiger partial charge on any atom is 0.0542 e. The second kappa shape index (κ2) is 12.5. The average molecular weight is 663 g/mol. The van der Waals surface area contributed by atoms with Gasteiger partial charge in [0.05, 0.1) is 11.0 Å². The number of nitrogens with zero attached hydrogens (tertiary/aromatic N) is 2. The summed E-state index contributed by atoms with van der Waals surface area (Å²) < 4.78 is 2.37. The molecule has 0 radical (unpaired) electrons. The summed E-state index contributed by atoms with van der Waals surface area (Å²) in [5, 5.41) is 7.56. The summed E-state index contributed by atoms with van der Waals surface area (Å²) in [6.07, 6.45) is 0. The highest BCUT2D eigenvalue weighted by molar-refractivity contribution is 6.11. The van der Waals surface area contributed by atoms with Crippen LogP contribution >= 0.6 is 0 Å². The fourth-order valence-electron chi connectivity index (χ4n) is 7.83. The third-order valence-corrected chi connectivity index (χ3v) is 10.4. The Morgan fingerprint density at radius 1 is 0.288 bits per heavy atom. The van der Waals surface area contributed by atoms with E-state index in [4.69, 9.17) is 0 Å². The molecule has 0 atom stereocenters. The molecule has 0 saturated heterocycles. The normalized spacial score (nSPS) is 11.5. The maximum absolute atomic E-state index is 2.37. The SMILES string of the molecule is c1ccc(-c2ccc(N(c3ccc(-c4ccc5c(ccc6ccccc65)c4)cc3)c3ccc4c(c3)c3ccccc3n4-c3ccccc3)cc2)cc1. The predicted molar refractivity (Wildman–Crippen MR) is 221 cm³/mol. The van der Waals surface area contributed by atoms with Gasteiger partial charge in [-0.3, -0.25) is 0 Å². The van der Waals surface area contributed by atoms with Gasteiger partial charge in [-0.15, -0.1) is 0 Å². The van der Waals surface area contributed by atoms with Gasteiger partial charge >= 0.3 is 0 Å². The van der Waals surface area contributed by atoms with Gasteiger partial charge < -0.3 is 9.47 Å². The lowest BCUT2D eigenvalue weighted by Gasteiger charge is -2.26. The van der Waals surface area contributed by atoms with E-state index in [1.54, 1.807) is 0 Å². The van der Waals surface area contributed by atoms with Crippen LogP contribution in [0.2, 0.25) is 0 Å². The number of aromatic nitrogens is 1. The van der Waals surface area contributed by atoms with E-state index < -0.39 is 0 Å². The van der Waals surface area contributed by atoms with Crippen molar-refractivity contribution in [2.45, 2.75) is 0 Å². The van der Waals surface area contributed by atoms with Crippen LogP contribution in [-0.4, -0.2) is 4.57 Å². The van der Waals surface area contributed by atoms with Crippen molar-refractivity contribution in [3.05, 3.63) is 206 Å². The van der Waals surface area contributed by atoms with Gasteiger partial charge in [0.2, 0.25) is 0 Å². The van der Waals surface area contributed by atoms with E-state index in [0.29, 0.717) is 0 Å². The van der Waals surface area contributed by atoms with Gasteiger partial charge in [0.1, 0.15) is 0 Å². The Hall–Kier alpha value is -6.90. The summed E-state index contributed by atoms with van der Waals surface area (Å²) in [7, 11) is 0. The third kappa shape index (κ3) is 5.12. The van der Waals surface area contributed by atoms with Gasteiger partial charge in [-0.25, -0.2) is 0 Å². The molecule has 1 aromatic heterocycles. The fraction of sp³-hybridized carbons (Fsp3) is 0. The van der Waals surface area contributed by atoms with Gasteiger partial charge in [0, 0.05) is 33.5 Å². The fourth-order valence-corrected chi connectivity index (χ4v) is 7.83. The van der Waals surface area contributed by atoms with Crippen molar-refractivity contribution >= 4 is 60.4 Å². The Balaban J connectivity index is 1.10. The highest BCUT2D eigenvalue weighted by Crippen LogP contribution is 2.41. The van der Waals surface area contributed by atoms with Crippen LogP contribution in [0.1, 0.15) is 0 Å². The molecule has 10 aromatic rings. The van der Waals surface area contributed by atoms with E-state index >= 15 is 0 Å². The summed E-state index contributed by atoms with van der Waals surface area (Å²) >= 11 is 0. The summed E-state index contributed by atoms with van der Waals surface area (Å²) in [6, 6.07) is 74.7. The topological polar surface area (TPSA) is 8.17 Å². The minimum atomic E-state index is 1.11. The van der Waals surface area contributed by atoms with E-state index in [0.717, 1.165) is 22.7 Å². The summed E-state index contributed by atoms with van der Waals surface area (Å²) in [5.74, 6) is 0. The smallest absolute Gasteiger partial charge is 0.0542 e. The van der Waals surface area contributed by atoms with Crippen molar-refractivity contribution in [1.29, 1.82) is 0 Å². The predicted octanol–water partition coefficient (Wildman–Crippen LogP) is 13.9. The number of fused-ring (bicyclic) bond motifs is 6. The van der Waals surface area contributed by atoms with Crippen LogP contribution in [-0.2, 0) is 0 Å². The highest BCUT2D eigenvalue weighted by Gasteiger charge is 2.18. The molecule has 0 unspecified atom stereocenters. The number of hydrogen-bond acceptors (Lipinski definition) is 1. The molecule has 52 heavy (non-hydrogen) atoms. The molecular weight excluding hydrogens is 629 g/mol. The van der Waals surface area contributed by atoms with Crippen LogP contribution in [0, 0.1) is 0 Å². The van der Waals surface area contributed by atoms with E-state index in [1.807, 2.05) is 0 Å².